The summed E-state index contributed by atoms with van der Waals surface area (Å²) >= 11 is 0. The second-order valence-corrected chi connectivity index (χ2v) is 11.0. The van der Waals surface area contributed by atoms with E-state index in [1.165, 1.54) is 0 Å². The molecule has 0 amide bonds. The third-order valence-electron chi connectivity index (χ3n) is 7.79. The molecule has 2 saturated heterocycles. The van der Waals surface area contributed by atoms with Gasteiger partial charge in [-0.15, -0.1) is 0 Å². The number of ether oxygens (including phenoxy) is 6. The smallest absolute Gasteiger partial charge is 0.184 e. The first kappa shape index (κ1) is 32.6. The van der Waals surface area contributed by atoms with Gasteiger partial charge >= 0.3 is 0 Å². The summed E-state index contributed by atoms with van der Waals surface area (Å²) in [6.07, 6.45) is -10.4. The number of hydrogen-bond acceptors (Lipinski definition) is 11. The topological polar surface area (TPSA) is 162 Å². The summed E-state index contributed by atoms with van der Waals surface area (Å²) in [4.78, 5) is 0. The number of aliphatic hydroxyl groups excluding tert-OH is 4. The molecular weight excluding hydrogens is 570 g/mol. The second-order valence-electron chi connectivity index (χ2n) is 11.0. The molecule has 0 unspecified atom stereocenters. The predicted octanol–water partition coefficient (Wildman–Crippen LogP) is 1.24. The van der Waals surface area contributed by atoms with Gasteiger partial charge in [0.2, 0.25) is 0 Å². The van der Waals surface area contributed by atoms with E-state index in [-0.39, 0.29) is 26.4 Å². The lowest BCUT2D eigenvalue weighted by molar-refractivity contribution is -0.351. The van der Waals surface area contributed by atoms with Gasteiger partial charge in [-0.05, 0) is 16.7 Å². The van der Waals surface area contributed by atoms with Crippen molar-refractivity contribution in [2.24, 2.45) is 5.73 Å². The molecule has 5 rings (SSSR count). The Morgan fingerprint density at radius 3 is 1.68 bits per heavy atom. The molecule has 3 aromatic carbocycles. The van der Waals surface area contributed by atoms with Crippen LogP contribution >= 0.6 is 0 Å². The average Bonchev–Trinajstić information content (AvgIpc) is 3.06. The minimum atomic E-state index is -1.43. The van der Waals surface area contributed by atoms with Crippen LogP contribution < -0.4 is 5.73 Å². The fourth-order valence-electron chi connectivity index (χ4n) is 5.34. The molecule has 238 valence electrons. The molecule has 2 aliphatic heterocycles. The van der Waals surface area contributed by atoms with Crippen molar-refractivity contribution in [3.8, 4) is 0 Å². The Hall–Kier alpha value is -2.78. The van der Waals surface area contributed by atoms with Crippen LogP contribution in [-0.2, 0) is 48.2 Å². The first-order valence-corrected chi connectivity index (χ1v) is 14.7. The highest BCUT2D eigenvalue weighted by molar-refractivity contribution is 5.15. The van der Waals surface area contributed by atoms with Crippen LogP contribution in [0.15, 0.2) is 91.0 Å². The maximum Gasteiger partial charge on any atom is 0.184 e. The molecule has 0 saturated carbocycles. The normalized spacial score (nSPS) is 32.4. The molecule has 44 heavy (non-hydrogen) atoms. The summed E-state index contributed by atoms with van der Waals surface area (Å²) in [5.74, 6) is 0. The lowest BCUT2D eigenvalue weighted by atomic mass is 9.95. The molecule has 0 bridgehead atoms. The Balaban J connectivity index is 1.41. The number of aliphatic hydroxyl groups is 4. The van der Waals surface area contributed by atoms with Crippen molar-refractivity contribution < 1.29 is 48.8 Å². The largest absolute Gasteiger partial charge is 0.394 e. The van der Waals surface area contributed by atoms with Gasteiger partial charge in [-0.25, -0.2) is 0 Å². The van der Waals surface area contributed by atoms with E-state index < -0.39 is 68.0 Å². The molecule has 0 spiro atoms. The number of benzene rings is 3. The van der Waals surface area contributed by atoms with E-state index in [1.54, 1.807) is 0 Å². The zero-order valence-electron chi connectivity index (χ0n) is 24.3. The number of hydrogen-bond donors (Lipinski definition) is 5. The van der Waals surface area contributed by atoms with Crippen LogP contribution in [0.1, 0.15) is 16.7 Å². The van der Waals surface area contributed by atoms with Crippen molar-refractivity contribution in [2.75, 3.05) is 13.2 Å². The van der Waals surface area contributed by atoms with Crippen LogP contribution in [0.3, 0.4) is 0 Å². The molecule has 11 nitrogen and oxygen atoms in total. The van der Waals surface area contributed by atoms with Gasteiger partial charge in [-0.2, -0.15) is 0 Å². The second kappa shape index (κ2) is 16.0. The summed E-state index contributed by atoms with van der Waals surface area (Å²) in [5, 5.41) is 41.9. The molecule has 2 aliphatic rings. The maximum atomic E-state index is 11.2. The quantitative estimate of drug-likeness (QED) is 0.189. The fraction of sp³-hybridized carbons (Fsp3) is 0.455. The Bertz CT molecular complexity index is 1240. The van der Waals surface area contributed by atoms with Crippen molar-refractivity contribution in [1.29, 1.82) is 0 Å². The van der Waals surface area contributed by atoms with Gasteiger partial charge in [0.05, 0.1) is 39.1 Å². The van der Waals surface area contributed by atoms with Gasteiger partial charge in [0, 0.05) is 0 Å². The molecule has 2 fully saturated rings. The third kappa shape index (κ3) is 8.27. The Morgan fingerprint density at radius 2 is 1.14 bits per heavy atom. The van der Waals surface area contributed by atoms with E-state index in [2.05, 4.69) is 0 Å². The zero-order chi connectivity index (χ0) is 30.9. The highest BCUT2D eigenvalue weighted by Crippen LogP contribution is 2.32. The van der Waals surface area contributed by atoms with Crippen molar-refractivity contribution >= 4 is 0 Å². The molecule has 3 aromatic rings. The highest BCUT2D eigenvalue weighted by Gasteiger charge is 2.51. The van der Waals surface area contributed by atoms with Crippen LogP contribution in [0.5, 0.6) is 0 Å². The molecule has 6 N–H and O–H groups in total. The van der Waals surface area contributed by atoms with E-state index in [9.17, 15) is 20.4 Å². The van der Waals surface area contributed by atoms with Crippen LogP contribution in [-0.4, -0.2) is 95.0 Å². The molecule has 0 aromatic heterocycles. The minimum absolute atomic E-state index is 0.00376. The van der Waals surface area contributed by atoms with E-state index in [0.29, 0.717) is 0 Å². The Labute approximate surface area is 256 Å². The van der Waals surface area contributed by atoms with Crippen molar-refractivity contribution in [3.05, 3.63) is 108 Å². The van der Waals surface area contributed by atoms with Crippen LogP contribution in [0, 0.1) is 0 Å². The first-order chi connectivity index (χ1) is 21.4. The average molecular weight is 612 g/mol. The number of nitrogens with two attached hydrogens (primary N) is 1. The molecule has 2 heterocycles. The van der Waals surface area contributed by atoms with E-state index in [4.69, 9.17) is 34.2 Å². The van der Waals surface area contributed by atoms with Crippen LogP contribution in [0.25, 0.3) is 0 Å². The summed E-state index contributed by atoms with van der Waals surface area (Å²) in [6, 6.07) is 27.4. The third-order valence-corrected chi connectivity index (χ3v) is 7.79. The zero-order valence-corrected chi connectivity index (χ0v) is 24.3. The summed E-state index contributed by atoms with van der Waals surface area (Å²) < 4.78 is 36.9. The lowest BCUT2D eigenvalue weighted by Gasteiger charge is -2.47. The molecular formula is C33H41NO10. The van der Waals surface area contributed by atoms with E-state index in [0.717, 1.165) is 16.7 Å². The summed E-state index contributed by atoms with van der Waals surface area (Å²) in [5.41, 5.74) is 8.95. The van der Waals surface area contributed by atoms with Crippen LogP contribution in [0.4, 0.5) is 0 Å². The fourth-order valence-corrected chi connectivity index (χ4v) is 5.34. The highest BCUT2D eigenvalue weighted by atomic mass is 16.7. The SMILES string of the molecule is N[C@H]1[C@H](O[C@H]2[C@H](OCc3ccccc3)[C@@H](OCc3ccccc3)[C@@H](O)O[C@@H]2COCc2ccccc2)O[C@H](CO)[C@@H](O)[C@@H]1O. The molecule has 11 heteroatoms. The maximum absolute atomic E-state index is 11.2. The van der Waals surface area contributed by atoms with Crippen molar-refractivity contribution in [3.63, 3.8) is 0 Å². The Kier molecular flexibility index (Phi) is 11.8. The van der Waals surface area contributed by atoms with Crippen LogP contribution in [0.2, 0.25) is 0 Å². The van der Waals surface area contributed by atoms with Gasteiger partial charge in [0.25, 0.3) is 0 Å². The van der Waals surface area contributed by atoms with Gasteiger partial charge in [0.15, 0.2) is 12.6 Å². The van der Waals surface area contributed by atoms with Gasteiger partial charge < -0.3 is 54.6 Å². The monoisotopic (exact) mass is 611 g/mol. The number of rotatable bonds is 13. The van der Waals surface area contributed by atoms with Gasteiger partial charge in [0.1, 0.15) is 42.7 Å². The standard InChI is InChI=1S/C33H41NO10/c34-26-28(37)27(36)24(16-35)43-33(26)44-29-25(20-39-17-21-10-4-1-5-11-21)42-32(38)31(41-19-23-14-8-3-9-15-23)30(29)40-18-22-12-6-2-7-13-22/h1-15,24-33,35-38H,16-20,34H2/t24-,25-,26-,27-,28-,29-,30+,31-,32+,33+/m1/s1. The van der Waals surface area contributed by atoms with Gasteiger partial charge in [-0.3, -0.25) is 0 Å². The van der Waals surface area contributed by atoms with Crippen molar-refractivity contribution in [1.82, 2.24) is 0 Å². The molecule has 0 radical (unpaired) electrons. The summed E-state index contributed by atoms with van der Waals surface area (Å²) in [7, 11) is 0. The van der Waals surface area contributed by atoms with Crippen molar-refractivity contribution in [2.45, 2.75) is 81.2 Å². The Morgan fingerprint density at radius 1 is 0.614 bits per heavy atom. The van der Waals surface area contributed by atoms with E-state index in [1.807, 2.05) is 91.0 Å². The van der Waals surface area contributed by atoms with E-state index >= 15 is 0 Å². The minimum Gasteiger partial charge on any atom is -0.394 e. The molecule has 0 aliphatic carbocycles. The predicted molar refractivity (Wildman–Crippen MR) is 158 cm³/mol. The first-order valence-electron chi connectivity index (χ1n) is 14.7. The van der Waals surface area contributed by atoms with Gasteiger partial charge in [-0.1, -0.05) is 91.0 Å². The lowest BCUT2D eigenvalue weighted by Crippen LogP contribution is -2.66. The molecule has 10 atom stereocenters. The summed E-state index contributed by atoms with van der Waals surface area (Å²) in [6.45, 7) is 0.0494.